The van der Waals surface area contributed by atoms with Crippen LogP contribution in [0.5, 0.6) is 0 Å². The lowest BCUT2D eigenvalue weighted by atomic mass is 9.78. The second-order valence-corrected chi connectivity index (χ2v) is 10.2. The molecule has 0 radical (unpaired) electrons. The summed E-state index contributed by atoms with van der Waals surface area (Å²) in [6.07, 6.45) is 0.397. The molecule has 0 aliphatic carbocycles. The number of carbonyl (C=O) groups is 2. The molecule has 0 unspecified atom stereocenters. The zero-order valence-corrected chi connectivity index (χ0v) is 20.0. The van der Waals surface area contributed by atoms with Gasteiger partial charge in [-0.05, 0) is 69.2 Å². The molecular formula is C20H34BN3O7. The summed E-state index contributed by atoms with van der Waals surface area (Å²) in [7, 11) is -1.45. The van der Waals surface area contributed by atoms with Crippen LogP contribution in [-0.4, -0.2) is 61.8 Å². The Bertz CT molecular complexity index is 750. The van der Waals surface area contributed by atoms with Gasteiger partial charge in [0.05, 0.1) is 11.2 Å². The number of ether oxygens (including phenoxy) is 2. The first-order valence-electron chi connectivity index (χ1n) is 9.90. The molecule has 0 bridgehead atoms. The summed E-state index contributed by atoms with van der Waals surface area (Å²) in [6, 6.07) is 0. The maximum absolute atomic E-state index is 12.6. The zero-order chi connectivity index (χ0) is 24.4. The minimum atomic E-state index is -1.45. The summed E-state index contributed by atoms with van der Waals surface area (Å²) in [6.45, 7) is 16.3. The predicted octanol–water partition coefficient (Wildman–Crippen LogP) is 2.41. The van der Waals surface area contributed by atoms with E-state index in [1.807, 2.05) is 0 Å². The summed E-state index contributed by atoms with van der Waals surface area (Å²) < 4.78 is 16.1. The van der Waals surface area contributed by atoms with Crippen LogP contribution >= 0.6 is 0 Å². The highest BCUT2D eigenvalue weighted by Crippen LogP contribution is 2.25. The largest absolute Gasteiger partial charge is 0.494 e. The van der Waals surface area contributed by atoms with Gasteiger partial charge in [0.2, 0.25) is 5.95 Å². The van der Waals surface area contributed by atoms with Gasteiger partial charge < -0.3 is 24.3 Å². The molecule has 0 atom stereocenters. The Kier molecular flexibility index (Phi) is 7.86. The molecule has 11 heteroatoms. The Morgan fingerprint density at radius 1 is 0.871 bits per heavy atom. The van der Waals surface area contributed by atoms with Crippen molar-refractivity contribution in [2.45, 2.75) is 91.6 Å². The van der Waals surface area contributed by atoms with Gasteiger partial charge in [-0.1, -0.05) is 0 Å². The standard InChI is InChI=1S/C20H34BN3O7/c1-17(2,3)29-15(25)24(16(26)30-18(4,5)6)14-22-11-13(12-23-14)21(28)31-20(9,10)19(7,8)27/h11-12,27-28H,1-10H3. The number of nitrogens with zero attached hydrogens (tertiary/aromatic N) is 3. The Balaban J connectivity index is 3.18. The smallest absolute Gasteiger partial charge is 0.443 e. The number of aromatic nitrogens is 2. The Labute approximate surface area is 184 Å². The van der Waals surface area contributed by atoms with Gasteiger partial charge in [0, 0.05) is 17.9 Å². The van der Waals surface area contributed by atoms with E-state index in [0.29, 0.717) is 4.90 Å². The lowest BCUT2D eigenvalue weighted by Gasteiger charge is -2.38. The summed E-state index contributed by atoms with van der Waals surface area (Å²) in [5.41, 5.74) is -3.91. The molecule has 0 aliphatic heterocycles. The molecule has 0 aromatic carbocycles. The third-order valence-corrected chi connectivity index (χ3v) is 4.18. The summed E-state index contributed by atoms with van der Waals surface area (Å²) in [5.74, 6) is -0.291. The number of anilines is 1. The number of carbonyl (C=O) groups excluding carboxylic acids is 2. The number of imide groups is 1. The molecule has 1 aromatic heterocycles. The van der Waals surface area contributed by atoms with E-state index in [-0.39, 0.29) is 11.4 Å². The molecule has 0 saturated carbocycles. The molecule has 0 aliphatic rings. The third-order valence-electron chi connectivity index (χ3n) is 4.18. The predicted molar refractivity (Wildman–Crippen MR) is 116 cm³/mol. The molecule has 0 fully saturated rings. The lowest BCUT2D eigenvalue weighted by Crippen LogP contribution is -2.53. The Morgan fingerprint density at radius 3 is 1.58 bits per heavy atom. The van der Waals surface area contributed by atoms with E-state index in [0.717, 1.165) is 0 Å². The van der Waals surface area contributed by atoms with E-state index in [4.69, 9.17) is 14.1 Å². The third kappa shape index (κ3) is 8.08. The molecule has 2 N–H and O–H groups in total. The van der Waals surface area contributed by atoms with Crippen molar-refractivity contribution < 1.29 is 33.8 Å². The van der Waals surface area contributed by atoms with Gasteiger partial charge in [-0.3, -0.25) is 0 Å². The summed E-state index contributed by atoms with van der Waals surface area (Å²) >= 11 is 0. The highest BCUT2D eigenvalue weighted by molar-refractivity contribution is 6.59. The maximum Gasteiger partial charge on any atom is 0.494 e. The molecule has 1 heterocycles. The number of hydrogen-bond acceptors (Lipinski definition) is 9. The van der Waals surface area contributed by atoms with Crippen LogP contribution in [0.3, 0.4) is 0 Å². The van der Waals surface area contributed by atoms with Crippen molar-refractivity contribution in [1.29, 1.82) is 0 Å². The maximum atomic E-state index is 12.6. The van der Waals surface area contributed by atoms with Crippen molar-refractivity contribution in [1.82, 2.24) is 9.97 Å². The average molecular weight is 439 g/mol. The van der Waals surface area contributed by atoms with Crippen LogP contribution in [-0.2, 0) is 14.1 Å². The van der Waals surface area contributed by atoms with Crippen LogP contribution in [0.2, 0.25) is 0 Å². The van der Waals surface area contributed by atoms with Crippen LogP contribution in [0.4, 0.5) is 15.5 Å². The van der Waals surface area contributed by atoms with Crippen molar-refractivity contribution >= 4 is 30.7 Å². The van der Waals surface area contributed by atoms with Crippen molar-refractivity contribution in [3.63, 3.8) is 0 Å². The summed E-state index contributed by atoms with van der Waals surface area (Å²) in [4.78, 5) is 33.8. The monoisotopic (exact) mass is 439 g/mol. The fraction of sp³-hybridized carbons (Fsp3) is 0.700. The minimum Gasteiger partial charge on any atom is -0.443 e. The molecule has 0 saturated heterocycles. The molecule has 10 nitrogen and oxygen atoms in total. The van der Waals surface area contributed by atoms with Crippen molar-refractivity contribution in [2.24, 2.45) is 0 Å². The van der Waals surface area contributed by atoms with Crippen LogP contribution in [0.1, 0.15) is 69.2 Å². The number of hydrogen-bond donors (Lipinski definition) is 2. The number of rotatable bonds is 5. The van der Waals surface area contributed by atoms with Gasteiger partial charge in [-0.2, -0.15) is 0 Å². The summed E-state index contributed by atoms with van der Waals surface area (Å²) in [5, 5.41) is 20.6. The molecular weight excluding hydrogens is 405 g/mol. The van der Waals surface area contributed by atoms with Crippen LogP contribution in [0.15, 0.2) is 12.4 Å². The van der Waals surface area contributed by atoms with E-state index >= 15 is 0 Å². The normalized spacial score (nSPS) is 12.9. The average Bonchev–Trinajstić information content (AvgIpc) is 2.50. The molecule has 1 rings (SSSR count). The van der Waals surface area contributed by atoms with Crippen LogP contribution in [0, 0.1) is 0 Å². The molecule has 2 amide bonds. The van der Waals surface area contributed by atoms with Gasteiger partial charge >= 0.3 is 19.3 Å². The Morgan fingerprint density at radius 2 is 1.26 bits per heavy atom. The van der Waals surface area contributed by atoms with E-state index < -0.39 is 41.7 Å². The topological polar surface area (TPSA) is 131 Å². The van der Waals surface area contributed by atoms with Crippen LogP contribution < -0.4 is 10.4 Å². The van der Waals surface area contributed by atoms with E-state index in [1.165, 1.54) is 12.4 Å². The molecule has 1 aromatic rings. The zero-order valence-electron chi connectivity index (χ0n) is 20.0. The number of aliphatic hydroxyl groups is 1. The first-order chi connectivity index (χ1) is 13.7. The van der Waals surface area contributed by atoms with Gasteiger partial charge in [0.25, 0.3) is 0 Å². The van der Waals surface area contributed by atoms with Crippen molar-refractivity contribution in [3.05, 3.63) is 12.4 Å². The van der Waals surface area contributed by atoms with Gasteiger partial charge in [0.15, 0.2) is 0 Å². The van der Waals surface area contributed by atoms with E-state index in [9.17, 15) is 19.7 Å². The first-order valence-corrected chi connectivity index (χ1v) is 9.90. The molecule has 0 spiro atoms. The highest BCUT2D eigenvalue weighted by atomic mass is 16.6. The fourth-order valence-electron chi connectivity index (χ4n) is 1.92. The van der Waals surface area contributed by atoms with Gasteiger partial charge in [-0.15, -0.1) is 4.90 Å². The second kappa shape index (κ2) is 9.09. The van der Waals surface area contributed by atoms with Gasteiger partial charge in [-0.25, -0.2) is 19.6 Å². The fourth-order valence-corrected chi connectivity index (χ4v) is 1.92. The first kappa shape index (κ1) is 26.8. The minimum absolute atomic E-state index is 0.161. The molecule has 174 valence electrons. The Hall–Kier alpha value is -2.24. The van der Waals surface area contributed by atoms with E-state index in [2.05, 4.69) is 9.97 Å². The lowest BCUT2D eigenvalue weighted by molar-refractivity contribution is -0.0982. The number of amides is 2. The second-order valence-electron chi connectivity index (χ2n) is 10.2. The van der Waals surface area contributed by atoms with Crippen molar-refractivity contribution in [3.8, 4) is 0 Å². The quantitative estimate of drug-likeness (QED) is 0.664. The van der Waals surface area contributed by atoms with Gasteiger partial charge in [0.1, 0.15) is 11.2 Å². The highest BCUT2D eigenvalue weighted by Gasteiger charge is 2.40. The molecule has 31 heavy (non-hydrogen) atoms. The van der Waals surface area contributed by atoms with E-state index in [1.54, 1.807) is 69.2 Å². The SMILES string of the molecule is CC(C)(C)OC(=O)N(C(=O)OC(C)(C)C)c1ncc(B(O)OC(C)(C)C(C)(C)O)cn1. The van der Waals surface area contributed by atoms with Crippen molar-refractivity contribution in [2.75, 3.05) is 4.90 Å². The van der Waals surface area contributed by atoms with Crippen LogP contribution in [0.25, 0.3) is 0 Å².